The quantitative estimate of drug-likeness (QED) is 0.605. The highest BCUT2D eigenvalue weighted by molar-refractivity contribution is 5.79. The van der Waals surface area contributed by atoms with Crippen molar-refractivity contribution in [2.24, 2.45) is 5.92 Å². The molecule has 156 valence electrons. The summed E-state index contributed by atoms with van der Waals surface area (Å²) in [7, 11) is 4.14. The smallest absolute Gasteiger partial charge is 0.226 e. The Hall–Kier alpha value is -1.59. The fourth-order valence-electron chi connectivity index (χ4n) is 3.91. The lowest BCUT2D eigenvalue weighted by atomic mass is 9.87. The average molecular weight is 389 g/mol. The van der Waals surface area contributed by atoms with E-state index in [9.17, 15) is 4.79 Å². The molecule has 0 aromatic heterocycles. The van der Waals surface area contributed by atoms with Gasteiger partial charge in [0.25, 0.3) is 0 Å². The molecular weight excluding hydrogens is 352 g/mol. The minimum Gasteiger partial charge on any atom is -0.494 e. The number of hydrogen-bond acceptors (Lipinski definition) is 4. The molecule has 1 aliphatic heterocycles. The molecule has 1 atom stereocenters. The lowest BCUT2D eigenvalue weighted by molar-refractivity contribution is -0.146. The third-order valence-corrected chi connectivity index (χ3v) is 5.61. The summed E-state index contributed by atoms with van der Waals surface area (Å²) in [5.74, 6) is 1.30. The third kappa shape index (κ3) is 6.21. The Bertz CT molecular complexity index is 638. The standard InChI is InChI=1S/C23H36N2O3/c1-23(2)16-19(12-15-28-23)22(26)25(20-8-9-20)17-18-6-10-21(11-7-18)27-14-5-13-24(3)4/h6-7,10-11,19-20H,5,8-9,12-17H2,1-4H3/t19-/m0/s1. The van der Waals surface area contributed by atoms with Gasteiger partial charge in [0.1, 0.15) is 5.75 Å². The van der Waals surface area contributed by atoms with Crippen LogP contribution in [-0.4, -0.2) is 61.2 Å². The highest BCUT2D eigenvalue weighted by Gasteiger charge is 2.39. The first-order chi connectivity index (χ1) is 13.3. The fraction of sp³-hybridized carbons (Fsp3) is 0.696. The van der Waals surface area contributed by atoms with Crippen LogP contribution in [0.3, 0.4) is 0 Å². The van der Waals surface area contributed by atoms with E-state index < -0.39 is 0 Å². The number of carbonyl (C=O) groups is 1. The van der Waals surface area contributed by atoms with Crippen molar-refractivity contribution in [1.29, 1.82) is 0 Å². The number of rotatable bonds is 9. The molecule has 2 fully saturated rings. The van der Waals surface area contributed by atoms with Gasteiger partial charge in [-0.2, -0.15) is 0 Å². The Labute approximate surface area is 170 Å². The zero-order valence-electron chi connectivity index (χ0n) is 17.9. The second-order valence-electron chi connectivity index (χ2n) is 9.14. The minimum absolute atomic E-state index is 0.0867. The van der Waals surface area contributed by atoms with Gasteiger partial charge in [-0.15, -0.1) is 0 Å². The van der Waals surface area contributed by atoms with Crippen molar-refractivity contribution < 1.29 is 14.3 Å². The van der Waals surface area contributed by atoms with Gasteiger partial charge in [-0.25, -0.2) is 0 Å². The summed E-state index contributed by atoms with van der Waals surface area (Å²) in [4.78, 5) is 17.5. The first-order valence-electron chi connectivity index (χ1n) is 10.6. The molecule has 1 aromatic rings. The van der Waals surface area contributed by atoms with Gasteiger partial charge in [0.2, 0.25) is 5.91 Å². The van der Waals surface area contributed by atoms with Crippen molar-refractivity contribution in [3.8, 4) is 5.75 Å². The van der Waals surface area contributed by atoms with E-state index in [-0.39, 0.29) is 11.5 Å². The summed E-state index contributed by atoms with van der Waals surface area (Å²) >= 11 is 0. The molecule has 3 rings (SSSR count). The van der Waals surface area contributed by atoms with Crippen LogP contribution in [0.2, 0.25) is 0 Å². The van der Waals surface area contributed by atoms with Crippen LogP contribution < -0.4 is 4.74 Å². The fourth-order valence-corrected chi connectivity index (χ4v) is 3.91. The first kappa shape index (κ1) is 21.1. The van der Waals surface area contributed by atoms with Crippen molar-refractivity contribution in [2.45, 2.75) is 64.1 Å². The van der Waals surface area contributed by atoms with Crippen molar-refractivity contribution in [3.05, 3.63) is 29.8 Å². The van der Waals surface area contributed by atoms with Gasteiger partial charge >= 0.3 is 0 Å². The largest absolute Gasteiger partial charge is 0.494 e. The van der Waals surface area contributed by atoms with E-state index >= 15 is 0 Å². The highest BCUT2D eigenvalue weighted by atomic mass is 16.5. The molecule has 5 heteroatoms. The monoisotopic (exact) mass is 388 g/mol. The van der Waals surface area contributed by atoms with E-state index in [0.717, 1.165) is 51.0 Å². The van der Waals surface area contributed by atoms with Crippen LogP contribution in [0, 0.1) is 5.92 Å². The second-order valence-corrected chi connectivity index (χ2v) is 9.14. The lowest BCUT2D eigenvalue weighted by Gasteiger charge is -2.37. The van der Waals surface area contributed by atoms with E-state index in [1.54, 1.807) is 0 Å². The van der Waals surface area contributed by atoms with Crippen molar-refractivity contribution in [3.63, 3.8) is 0 Å². The van der Waals surface area contributed by atoms with E-state index in [2.05, 4.69) is 49.9 Å². The zero-order valence-corrected chi connectivity index (χ0v) is 17.9. The van der Waals surface area contributed by atoms with E-state index in [0.29, 0.717) is 25.1 Å². The maximum atomic E-state index is 13.2. The van der Waals surface area contributed by atoms with Gasteiger partial charge in [0.15, 0.2) is 0 Å². The Morgan fingerprint density at radius 1 is 1.18 bits per heavy atom. The summed E-state index contributed by atoms with van der Waals surface area (Å²) in [5, 5.41) is 0. The SMILES string of the molecule is CN(C)CCCOc1ccc(CN(C(=O)[C@H]2CCOC(C)(C)C2)C2CC2)cc1. The molecule has 1 heterocycles. The molecule has 1 saturated heterocycles. The molecular formula is C23H36N2O3. The maximum Gasteiger partial charge on any atom is 0.226 e. The summed E-state index contributed by atoms with van der Waals surface area (Å²) in [6.45, 7) is 7.31. The molecule has 0 N–H and O–H groups in total. The molecule has 1 saturated carbocycles. The van der Waals surface area contributed by atoms with E-state index in [1.165, 1.54) is 5.56 Å². The zero-order chi connectivity index (χ0) is 20.1. The first-order valence-corrected chi connectivity index (χ1v) is 10.6. The maximum absolute atomic E-state index is 13.2. The predicted molar refractivity (Wildman–Crippen MR) is 111 cm³/mol. The van der Waals surface area contributed by atoms with Crippen LogP contribution in [-0.2, 0) is 16.1 Å². The lowest BCUT2D eigenvalue weighted by Crippen LogP contribution is -2.44. The molecule has 0 bridgehead atoms. The molecule has 1 amide bonds. The number of amides is 1. The molecule has 0 radical (unpaired) electrons. The second kappa shape index (κ2) is 9.27. The number of ether oxygens (including phenoxy) is 2. The van der Waals surface area contributed by atoms with Gasteiger partial charge in [-0.1, -0.05) is 12.1 Å². The van der Waals surface area contributed by atoms with Crippen LogP contribution in [0.5, 0.6) is 5.75 Å². The van der Waals surface area contributed by atoms with Crippen molar-refractivity contribution >= 4 is 5.91 Å². The normalized spacial score (nSPS) is 21.5. The highest BCUT2D eigenvalue weighted by Crippen LogP contribution is 2.35. The Balaban J connectivity index is 1.55. The molecule has 28 heavy (non-hydrogen) atoms. The minimum atomic E-state index is -0.195. The summed E-state index contributed by atoms with van der Waals surface area (Å²) in [6, 6.07) is 8.66. The van der Waals surface area contributed by atoms with Gasteiger partial charge in [0.05, 0.1) is 12.2 Å². The van der Waals surface area contributed by atoms with Crippen LogP contribution in [0.15, 0.2) is 24.3 Å². The average Bonchev–Trinajstić information content (AvgIpc) is 3.48. The van der Waals surface area contributed by atoms with Gasteiger partial charge in [0, 0.05) is 31.7 Å². The molecule has 2 aliphatic rings. The van der Waals surface area contributed by atoms with Crippen molar-refractivity contribution in [1.82, 2.24) is 9.80 Å². The summed E-state index contributed by atoms with van der Waals surface area (Å²) in [5.41, 5.74) is 0.978. The number of nitrogens with zero attached hydrogens (tertiary/aromatic N) is 2. The van der Waals surface area contributed by atoms with Gasteiger partial charge < -0.3 is 19.3 Å². The Kier molecular flexibility index (Phi) is 7.00. The van der Waals surface area contributed by atoms with Gasteiger partial charge in [-0.05, 0) is 77.7 Å². The summed E-state index contributed by atoms with van der Waals surface area (Å²) in [6.07, 6.45) is 4.93. The van der Waals surface area contributed by atoms with E-state index in [1.807, 2.05) is 12.1 Å². The van der Waals surface area contributed by atoms with Crippen LogP contribution in [0.4, 0.5) is 0 Å². The summed E-state index contributed by atoms with van der Waals surface area (Å²) < 4.78 is 11.6. The Morgan fingerprint density at radius 2 is 1.89 bits per heavy atom. The molecule has 1 aromatic carbocycles. The molecule has 0 spiro atoms. The van der Waals surface area contributed by atoms with Crippen molar-refractivity contribution in [2.75, 3.05) is 33.9 Å². The molecule has 1 aliphatic carbocycles. The number of carbonyl (C=O) groups excluding carboxylic acids is 1. The molecule has 0 unspecified atom stereocenters. The van der Waals surface area contributed by atoms with Crippen LogP contribution >= 0.6 is 0 Å². The Morgan fingerprint density at radius 3 is 2.50 bits per heavy atom. The topological polar surface area (TPSA) is 42.0 Å². The number of hydrogen-bond donors (Lipinski definition) is 0. The predicted octanol–water partition coefficient (Wildman–Crippen LogP) is 3.71. The third-order valence-electron chi connectivity index (χ3n) is 5.61. The molecule has 5 nitrogen and oxygen atoms in total. The van der Waals surface area contributed by atoms with Gasteiger partial charge in [-0.3, -0.25) is 4.79 Å². The van der Waals surface area contributed by atoms with Crippen LogP contribution in [0.1, 0.15) is 51.5 Å². The van der Waals surface area contributed by atoms with Crippen LogP contribution in [0.25, 0.3) is 0 Å². The number of benzene rings is 1. The van der Waals surface area contributed by atoms with E-state index in [4.69, 9.17) is 9.47 Å².